The molecule has 0 aliphatic rings. The van der Waals surface area contributed by atoms with E-state index in [4.69, 9.17) is 4.74 Å². The summed E-state index contributed by atoms with van der Waals surface area (Å²) < 4.78 is 7.21. The molecule has 2 aromatic rings. The number of aromatic nitrogens is 1. The van der Waals surface area contributed by atoms with Crippen LogP contribution in [0.25, 0.3) is 0 Å². The molecule has 3 nitrogen and oxygen atoms in total. The van der Waals surface area contributed by atoms with Gasteiger partial charge < -0.3 is 10.1 Å². The van der Waals surface area contributed by atoms with E-state index in [2.05, 4.69) is 54.3 Å². The van der Waals surface area contributed by atoms with Crippen LogP contribution in [0.1, 0.15) is 11.3 Å². The van der Waals surface area contributed by atoms with Crippen molar-refractivity contribution in [1.82, 2.24) is 10.3 Å². The highest BCUT2D eigenvalue weighted by atomic mass is 79.9. The van der Waals surface area contributed by atoms with Gasteiger partial charge in [-0.15, -0.1) is 0 Å². The van der Waals surface area contributed by atoms with Crippen LogP contribution in [-0.4, -0.2) is 18.6 Å². The van der Waals surface area contributed by atoms with Gasteiger partial charge in [0.25, 0.3) is 0 Å². The normalized spacial score (nSPS) is 10.6. The number of nitrogens with zero attached hydrogens (tertiary/aromatic N) is 1. The van der Waals surface area contributed by atoms with Crippen molar-refractivity contribution in [3.05, 3.63) is 56.7 Å². The van der Waals surface area contributed by atoms with Crippen molar-refractivity contribution in [3.8, 4) is 5.75 Å². The molecule has 0 spiro atoms. The molecular formula is C15H16Br2N2O. The maximum absolute atomic E-state index is 5.22. The van der Waals surface area contributed by atoms with Crippen LogP contribution in [0.5, 0.6) is 5.75 Å². The molecule has 0 aliphatic heterocycles. The molecule has 0 unspecified atom stereocenters. The summed E-state index contributed by atoms with van der Waals surface area (Å²) in [5.41, 5.74) is 2.28. The van der Waals surface area contributed by atoms with Crippen LogP contribution in [0, 0.1) is 0 Å². The van der Waals surface area contributed by atoms with Gasteiger partial charge in [-0.05, 0) is 68.6 Å². The Morgan fingerprint density at radius 1 is 1.25 bits per heavy atom. The Balaban J connectivity index is 1.81. The van der Waals surface area contributed by atoms with Gasteiger partial charge in [0, 0.05) is 21.7 Å². The van der Waals surface area contributed by atoms with E-state index in [1.165, 1.54) is 5.56 Å². The van der Waals surface area contributed by atoms with Crippen molar-refractivity contribution in [2.45, 2.75) is 13.0 Å². The summed E-state index contributed by atoms with van der Waals surface area (Å²) in [5, 5.41) is 3.40. The number of halogens is 2. The Morgan fingerprint density at radius 3 is 2.85 bits per heavy atom. The standard InChI is InChI=1S/C15H16Br2N2O/c1-20-13-4-2-3-11(7-13)5-6-18-10-15-14(17)8-12(16)9-19-15/h2-4,7-9,18H,5-6,10H2,1H3. The summed E-state index contributed by atoms with van der Waals surface area (Å²) in [4.78, 5) is 4.37. The van der Waals surface area contributed by atoms with Crippen LogP contribution < -0.4 is 10.1 Å². The minimum atomic E-state index is 0.748. The molecule has 20 heavy (non-hydrogen) atoms. The quantitative estimate of drug-likeness (QED) is 0.746. The van der Waals surface area contributed by atoms with Gasteiger partial charge in [0.05, 0.1) is 12.8 Å². The fourth-order valence-electron chi connectivity index (χ4n) is 1.84. The van der Waals surface area contributed by atoms with Crippen molar-refractivity contribution < 1.29 is 4.74 Å². The van der Waals surface area contributed by atoms with E-state index in [0.29, 0.717) is 0 Å². The number of hydrogen-bond acceptors (Lipinski definition) is 3. The number of pyridine rings is 1. The van der Waals surface area contributed by atoms with Gasteiger partial charge in [-0.3, -0.25) is 4.98 Å². The molecule has 106 valence electrons. The topological polar surface area (TPSA) is 34.1 Å². The van der Waals surface area contributed by atoms with E-state index >= 15 is 0 Å². The molecule has 1 heterocycles. The number of nitrogens with one attached hydrogen (secondary N) is 1. The Kier molecular flexibility index (Phi) is 6.01. The lowest BCUT2D eigenvalue weighted by atomic mass is 10.1. The van der Waals surface area contributed by atoms with E-state index in [-0.39, 0.29) is 0 Å². The molecule has 0 saturated carbocycles. The van der Waals surface area contributed by atoms with Crippen LogP contribution in [0.2, 0.25) is 0 Å². The minimum absolute atomic E-state index is 0.748. The van der Waals surface area contributed by atoms with Crippen molar-refractivity contribution in [3.63, 3.8) is 0 Å². The Labute approximate surface area is 136 Å². The third-order valence-electron chi connectivity index (χ3n) is 2.90. The van der Waals surface area contributed by atoms with Gasteiger partial charge in [0.2, 0.25) is 0 Å². The molecule has 0 aliphatic carbocycles. The molecule has 0 saturated heterocycles. The summed E-state index contributed by atoms with van der Waals surface area (Å²) in [5.74, 6) is 0.903. The Hall–Kier alpha value is -0.910. The third kappa shape index (κ3) is 4.58. The number of ether oxygens (including phenoxy) is 1. The Morgan fingerprint density at radius 2 is 2.10 bits per heavy atom. The molecule has 2 rings (SSSR count). The van der Waals surface area contributed by atoms with Gasteiger partial charge in [-0.1, -0.05) is 12.1 Å². The zero-order chi connectivity index (χ0) is 14.4. The van der Waals surface area contributed by atoms with Gasteiger partial charge in [0.1, 0.15) is 5.75 Å². The summed E-state index contributed by atoms with van der Waals surface area (Å²) in [7, 11) is 1.69. The highest BCUT2D eigenvalue weighted by Crippen LogP contribution is 2.19. The largest absolute Gasteiger partial charge is 0.497 e. The van der Waals surface area contributed by atoms with E-state index < -0.39 is 0 Å². The van der Waals surface area contributed by atoms with Gasteiger partial charge >= 0.3 is 0 Å². The van der Waals surface area contributed by atoms with E-state index in [1.807, 2.05) is 24.4 Å². The van der Waals surface area contributed by atoms with E-state index in [0.717, 1.165) is 39.9 Å². The molecule has 0 amide bonds. The smallest absolute Gasteiger partial charge is 0.119 e. The second-order valence-corrected chi connectivity index (χ2v) is 6.13. The van der Waals surface area contributed by atoms with Crippen LogP contribution in [0.15, 0.2) is 45.5 Å². The molecule has 0 bridgehead atoms. The fourth-order valence-corrected chi connectivity index (χ4v) is 2.97. The molecule has 0 radical (unpaired) electrons. The second kappa shape index (κ2) is 7.76. The predicted octanol–water partition coefficient (Wildman–Crippen LogP) is 3.95. The van der Waals surface area contributed by atoms with Crippen LogP contribution in [0.4, 0.5) is 0 Å². The summed E-state index contributed by atoms with van der Waals surface area (Å²) in [6.07, 6.45) is 2.77. The SMILES string of the molecule is COc1cccc(CCNCc2ncc(Br)cc2Br)c1. The minimum Gasteiger partial charge on any atom is -0.497 e. The molecule has 0 atom stereocenters. The second-order valence-electron chi connectivity index (χ2n) is 4.36. The van der Waals surface area contributed by atoms with E-state index in [1.54, 1.807) is 7.11 Å². The van der Waals surface area contributed by atoms with Crippen molar-refractivity contribution >= 4 is 31.9 Å². The molecular weight excluding hydrogens is 384 g/mol. The van der Waals surface area contributed by atoms with Gasteiger partial charge in [0.15, 0.2) is 0 Å². The summed E-state index contributed by atoms with van der Waals surface area (Å²) >= 11 is 6.91. The lowest BCUT2D eigenvalue weighted by Gasteiger charge is -2.07. The number of methoxy groups -OCH3 is 1. The zero-order valence-corrected chi connectivity index (χ0v) is 14.4. The lowest BCUT2D eigenvalue weighted by Crippen LogP contribution is -2.17. The number of benzene rings is 1. The molecule has 1 aromatic carbocycles. The maximum Gasteiger partial charge on any atom is 0.119 e. The third-order valence-corrected chi connectivity index (χ3v) is 4.02. The Bertz CT molecular complexity index is 576. The maximum atomic E-state index is 5.22. The van der Waals surface area contributed by atoms with Gasteiger partial charge in [-0.25, -0.2) is 0 Å². The molecule has 1 aromatic heterocycles. The predicted molar refractivity (Wildman–Crippen MR) is 88.0 cm³/mol. The molecule has 1 N–H and O–H groups in total. The monoisotopic (exact) mass is 398 g/mol. The van der Waals surface area contributed by atoms with Crippen molar-refractivity contribution in [2.24, 2.45) is 0 Å². The lowest BCUT2D eigenvalue weighted by molar-refractivity contribution is 0.414. The fraction of sp³-hybridized carbons (Fsp3) is 0.267. The van der Waals surface area contributed by atoms with E-state index in [9.17, 15) is 0 Å². The molecule has 0 fully saturated rings. The van der Waals surface area contributed by atoms with Crippen molar-refractivity contribution in [1.29, 1.82) is 0 Å². The first-order valence-electron chi connectivity index (χ1n) is 6.32. The average Bonchev–Trinajstić information content (AvgIpc) is 2.45. The van der Waals surface area contributed by atoms with Crippen LogP contribution >= 0.6 is 31.9 Å². The zero-order valence-electron chi connectivity index (χ0n) is 11.2. The van der Waals surface area contributed by atoms with Crippen LogP contribution in [0.3, 0.4) is 0 Å². The first-order chi connectivity index (χ1) is 9.69. The first-order valence-corrected chi connectivity index (χ1v) is 7.91. The summed E-state index contributed by atoms with van der Waals surface area (Å²) in [6.45, 7) is 1.65. The number of rotatable bonds is 6. The van der Waals surface area contributed by atoms with Crippen molar-refractivity contribution in [2.75, 3.05) is 13.7 Å². The summed E-state index contributed by atoms with van der Waals surface area (Å²) in [6, 6.07) is 10.2. The first kappa shape index (κ1) is 15.5. The van der Waals surface area contributed by atoms with Gasteiger partial charge in [-0.2, -0.15) is 0 Å². The highest BCUT2D eigenvalue weighted by Gasteiger charge is 2.02. The van der Waals surface area contributed by atoms with Crippen LogP contribution in [-0.2, 0) is 13.0 Å². The highest BCUT2D eigenvalue weighted by molar-refractivity contribution is 9.11. The molecule has 5 heteroatoms. The number of hydrogen-bond donors (Lipinski definition) is 1. The average molecular weight is 400 g/mol.